The zero-order valence-electron chi connectivity index (χ0n) is 23.0. The molecule has 5 rings (SSSR count). The molecule has 1 amide bonds. The number of Topliss-reactive ketones (excluding diaryl/α,β-unsaturated/α-hetero) is 1. The van der Waals surface area contributed by atoms with Gasteiger partial charge in [0.05, 0.1) is 17.5 Å². The fraction of sp³-hybridized carbons (Fsp3) is 0.467. The number of likely N-dealkylation sites (tertiary alicyclic amines) is 1. The Morgan fingerprint density at radius 3 is 2.75 bits per heavy atom. The zero-order valence-corrected chi connectivity index (χ0v) is 24.5. The number of allylic oxidation sites excluding steroid dienone is 1. The Kier molecular flexibility index (Phi) is 8.12. The molecular formula is C30H36ClN3O5S. The number of carbonyl (C=O) groups excluding carboxylic acids is 2. The molecule has 3 aliphatic rings. The van der Waals surface area contributed by atoms with E-state index in [1.54, 1.807) is 24.3 Å². The van der Waals surface area contributed by atoms with Crippen LogP contribution in [0, 0.1) is 12.3 Å². The summed E-state index contributed by atoms with van der Waals surface area (Å²) >= 11 is 6.73. The zero-order chi connectivity index (χ0) is 28.7. The van der Waals surface area contributed by atoms with E-state index in [4.69, 9.17) is 22.1 Å². The van der Waals surface area contributed by atoms with Gasteiger partial charge in [0.1, 0.15) is 0 Å². The molecule has 8 nitrogen and oxygen atoms in total. The van der Waals surface area contributed by atoms with E-state index in [1.165, 1.54) is 6.26 Å². The van der Waals surface area contributed by atoms with E-state index in [1.807, 2.05) is 19.1 Å². The Balaban J connectivity index is 1.37. The maximum Gasteiger partial charge on any atom is 0.234 e. The van der Waals surface area contributed by atoms with Crippen molar-refractivity contribution >= 4 is 38.7 Å². The van der Waals surface area contributed by atoms with Crippen LogP contribution in [0.4, 0.5) is 0 Å². The number of benzene rings is 2. The number of ketones is 1. The first-order chi connectivity index (χ1) is 19.0. The first-order valence-corrected chi connectivity index (χ1v) is 16.0. The minimum Gasteiger partial charge on any atom is -0.401 e. The molecule has 2 atom stereocenters. The molecule has 2 fully saturated rings. The van der Waals surface area contributed by atoms with Crippen molar-refractivity contribution in [2.75, 3.05) is 39.0 Å². The monoisotopic (exact) mass is 585 g/mol. The largest absolute Gasteiger partial charge is 0.401 e. The normalized spacial score (nSPS) is 23.8. The third kappa shape index (κ3) is 5.84. The summed E-state index contributed by atoms with van der Waals surface area (Å²) in [6, 6.07) is 10.3. The Bertz CT molecular complexity index is 1480. The highest BCUT2D eigenvalue weighted by Gasteiger charge is 2.47. The summed E-state index contributed by atoms with van der Waals surface area (Å²) in [7, 11) is -3.37. The molecule has 2 aromatic carbocycles. The topological polar surface area (TPSA) is 119 Å². The van der Waals surface area contributed by atoms with Crippen LogP contribution in [-0.4, -0.2) is 70.2 Å². The number of rotatable bonds is 7. The molecule has 0 radical (unpaired) electrons. The second kappa shape index (κ2) is 11.3. The van der Waals surface area contributed by atoms with Gasteiger partial charge >= 0.3 is 0 Å². The molecule has 2 heterocycles. The van der Waals surface area contributed by atoms with Crippen LogP contribution in [0.5, 0.6) is 0 Å². The number of halogens is 1. The first kappa shape index (κ1) is 28.8. The van der Waals surface area contributed by atoms with E-state index in [0.29, 0.717) is 52.5 Å². The highest BCUT2D eigenvalue weighted by molar-refractivity contribution is 7.90. The molecule has 2 aliphatic heterocycles. The molecule has 2 unspecified atom stereocenters. The van der Waals surface area contributed by atoms with Crippen molar-refractivity contribution < 1.29 is 22.7 Å². The molecule has 2 saturated heterocycles. The molecular weight excluding hydrogens is 550 g/mol. The lowest BCUT2D eigenvalue weighted by Gasteiger charge is -2.40. The highest BCUT2D eigenvalue weighted by Crippen LogP contribution is 2.49. The van der Waals surface area contributed by atoms with Gasteiger partial charge in [0, 0.05) is 59.6 Å². The lowest BCUT2D eigenvalue weighted by atomic mass is 9.77. The second-order valence-corrected chi connectivity index (χ2v) is 13.8. The number of nitrogens with one attached hydrogen (secondary N) is 1. The SMILES string of the molecule is Cc1cc(-c2cccc(S(C)(=O)=O)c2)c(Cl)cc1C1=C(N)C2(CCCN(CC(=O)NCC3CCCO3)C2)CC1=O. The minimum atomic E-state index is -3.37. The quantitative estimate of drug-likeness (QED) is 0.508. The molecule has 0 bridgehead atoms. The second-order valence-electron chi connectivity index (χ2n) is 11.4. The van der Waals surface area contributed by atoms with Crippen molar-refractivity contribution in [2.45, 2.75) is 50.0 Å². The molecule has 1 spiro atoms. The fourth-order valence-electron chi connectivity index (χ4n) is 6.29. The number of carbonyl (C=O) groups is 2. The number of hydrogen-bond acceptors (Lipinski definition) is 7. The average Bonchev–Trinajstić information content (AvgIpc) is 3.50. The average molecular weight is 586 g/mol. The van der Waals surface area contributed by atoms with Crippen LogP contribution in [0.25, 0.3) is 16.7 Å². The van der Waals surface area contributed by atoms with Gasteiger partial charge in [-0.2, -0.15) is 0 Å². The number of nitrogens with zero attached hydrogens (tertiary/aromatic N) is 1. The number of amides is 1. The summed E-state index contributed by atoms with van der Waals surface area (Å²) in [5.41, 5.74) is 10.2. The smallest absolute Gasteiger partial charge is 0.234 e. The van der Waals surface area contributed by atoms with Gasteiger partial charge in [-0.05, 0) is 80.1 Å². The summed E-state index contributed by atoms with van der Waals surface area (Å²) in [5.74, 6) is -0.0639. The van der Waals surface area contributed by atoms with E-state index >= 15 is 0 Å². The van der Waals surface area contributed by atoms with Crippen molar-refractivity contribution in [3.8, 4) is 11.1 Å². The van der Waals surface area contributed by atoms with Crippen LogP contribution in [0.15, 0.2) is 47.0 Å². The van der Waals surface area contributed by atoms with Crippen molar-refractivity contribution in [1.29, 1.82) is 0 Å². The number of hydrogen-bond donors (Lipinski definition) is 2. The molecule has 214 valence electrons. The predicted octanol–water partition coefficient (Wildman–Crippen LogP) is 3.74. The van der Waals surface area contributed by atoms with E-state index in [9.17, 15) is 18.0 Å². The Labute approximate surface area is 240 Å². The summed E-state index contributed by atoms with van der Waals surface area (Å²) in [5, 5.41) is 3.40. The van der Waals surface area contributed by atoms with Crippen molar-refractivity contribution in [1.82, 2.24) is 10.2 Å². The van der Waals surface area contributed by atoms with Crippen LogP contribution in [0.2, 0.25) is 5.02 Å². The molecule has 1 aliphatic carbocycles. The minimum absolute atomic E-state index is 0.0202. The lowest BCUT2D eigenvalue weighted by molar-refractivity contribution is -0.123. The van der Waals surface area contributed by atoms with Gasteiger partial charge in [0.15, 0.2) is 15.6 Å². The van der Waals surface area contributed by atoms with Gasteiger partial charge in [0.25, 0.3) is 0 Å². The van der Waals surface area contributed by atoms with Gasteiger partial charge in [-0.3, -0.25) is 14.5 Å². The lowest BCUT2D eigenvalue weighted by Crippen LogP contribution is -2.49. The van der Waals surface area contributed by atoms with Gasteiger partial charge in [0.2, 0.25) is 5.91 Å². The Morgan fingerprint density at radius 2 is 2.02 bits per heavy atom. The van der Waals surface area contributed by atoms with Crippen LogP contribution in [0.3, 0.4) is 0 Å². The number of piperidine rings is 1. The van der Waals surface area contributed by atoms with Crippen LogP contribution >= 0.6 is 11.6 Å². The summed E-state index contributed by atoms with van der Waals surface area (Å²) in [4.78, 5) is 28.4. The van der Waals surface area contributed by atoms with E-state index in [0.717, 1.165) is 44.4 Å². The molecule has 3 N–H and O–H groups in total. The summed E-state index contributed by atoms with van der Waals surface area (Å²) in [6.45, 7) is 4.76. The first-order valence-electron chi connectivity index (χ1n) is 13.7. The van der Waals surface area contributed by atoms with Crippen molar-refractivity contribution in [2.24, 2.45) is 11.1 Å². The standard InChI is InChI=1S/C30H36ClN3O5S/c1-19-12-24(20-6-3-8-22(13-20)40(2,37)38)25(31)14-23(19)28-26(35)15-30(29(28)32)9-5-10-34(18-30)17-27(36)33-16-21-7-4-11-39-21/h3,6,8,12-14,21H,4-5,7,9-11,15-18,32H2,1-2H3,(H,33,36). The summed E-state index contributed by atoms with van der Waals surface area (Å²) in [6.07, 6.45) is 5.19. The van der Waals surface area contributed by atoms with Crippen molar-refractivity contribution in [3.05, 3.63) is 58.2 Å². The molecule has 40 heavy (non-hydrogen) atoms. The van der Waals surface area contributed by atoms with Gasteiger partial charge < -0.3 is 15.8 Å². The van der Waals surface area contributed by atoms with Gasteiger partial charge in [-0.25, -0.2) is 8.42 Å². The predicted molar refractivity (Wildman–Crippen MR) is 156 cm³/mol. The van der Waals surface area contributed by atoms with Gasteiger partial charge in [-0.1, -0.05) is 23.7 Å². The molecule has 2 aromatic rings. The maximum absolute atomic E-state index is 13.5. The number of aryl methyl sites for hydroxylation is 1. The van der Waals surface area contributed by atoms with Crippen molar-refractivity contribution in [3.63, 3.8) is 0 Å². The van der Waals surface area contributed by atoms with Crippen LogP contribution < -0.4 is 11.1 Å². The Morgan fingerprint density at radius 1 is 1.23 bits per heavy atom. The summed E-state index contributed by atoms with van der Waals surface area (Å²) < 4.78 is 29.7. The van der Waals surface area contributed by atoms with Gasteiger partial charge in [-0.15, -0.1) is 0 Å². The molecule has 10 heteroatoms. The maximum atomic E-state index is 13.5. The number of sulfone groups is 1. The highest BCUT2D eigenvalue weighted by atomic mass is 35.5. The number of ether oxygens (including phenoxy) is 1. The van der Waals surface area contributed by atoms with E-state index in [-0.39, 0.29) is 29.2 Å². The van der Waals surface area contributed by atoms with E-state index < -0.39 is 15.3 Å². The van der Waals surface area contributed by atoms with Crippen LogP contribution in [0.1, 0.15) is 43.2 Å². The Hall–Kier alpha value is -2.72. The molecule has 0 aromatic heterocycles. The third-order valence-electron chi connectivity index (χ3n) is 8.35. The van der Waals surface area contributed by atoms with Crippen LogP contribution in [-0.2, 0) is 24.2 Å². The molecule has 0 saturated carbocycles. The van der Waals surface area contributed by atoms with E-state index in [2.05, 4.69) is 10.2 Å². The number of nitrogens with two attached hydrogens (primary N) is 1. The fourth-order valence-corrected chi connectivity index (χ4v) is 7.23. The third-order valence-corrected chi connectivity index (χ3v) is 9.77.